The smallest absolute Gasteiger partial charge is 0.302 e. The number of allylic oxidation sites excluding steroid dienone is 2. The molecule has 0 aromatic heterocycles. The molecule has 0 radical (unpaired) electrons. The highest BCUT2D eigenvalue weighted by Crippen LogP contribution is 2.73. The third-order valence-corrected chi connectivity index (χ3v) is 12.3. The summed E-state index contributed by atoms with van der Waals surface area (Å²) in [5.74, 6) is 3.72. The lowest BCUT2D eigenvalue weighted by Gasteiger charge is -2.64. The van der Waals surface area contributed by atoms with Gasteiger partial charge >= 0.3 is 5.97 Å². The van der Waals surface area contributed by atoms with Crippen LogP contribution in [0.2, 0.25) is 0 Å². The topological polar surface area (TPSA) is 26.3 Å². The number of carbonyl (C=O) groups excluding carboxylic acids is 1. The Morgan fingerprint density at radius 3 is 2.35 bits per heavy atom. The number of rotatable bonds is 6. The van der Waals surface area contributed by atoms with E-state index in [0.29, 0.717) is 28.1 Å². The summed E-state index contributed by atoms with van der Waals surface area (Å²) in [6.45, 7) is 21.6. The summed E-state index contributed by atoms with van der Waals surface area (Å²) in [5.41, 5.74) is 3.00. The molecular formula is C32H54O2. The lowest BCUT2D eigenvalue weighted by Crippen LogP contribution is -2.58. The van der Waals surface area contributed by atoms with Crippen molar-refractivity contribution in [2.24, 2.45) is 51.2 Å². The average molecular weight is 471 g/mol. The van der Waals surface area contributed by atoms with Crippen molar-refractivity contribution in [3.8, 4) is 0 Å². The number of esters is 1. The van der Waals surface area contributed by atoms with Crippen molar-refractivity contribution in [3.63, 3.8) is 0 Å². The molecule has 2 heteroatoms. The Balaban J connectivity index is 1.59. The number of hydrogen-bond acceptors (Lipinski definition) is 2. The molecule has 0 N–H and O–H groups in total. The van der Waals surface area contributed by atoms with Crippen molar-refractivity contribution >= 4 is 5.97 Å². The summed E-state index contributed by atoms with van der Waals surface area (Å²) in [6, 6.07) is 0. The first-order chi connectivity index (χ1) is 15.8. The molecule has 3 saturated carbocycles. The van der Waals surface area contributed by atoms with E-state index in [1.165, 1.54) is 51.4 Å². The molecule has 4 rings (SSSR count). The van der Waals surface area contributed by atoms with Gasteiger partial charge in [0.2, 0.25) is 0 Å². The highest BCUT2D eigenvalue weighted by atomic mass is 16.5. The Bertz CT molecular complexity index is 808. The fourth-order valence-electron chi connectivity index (χ4n) is 10.1. The van der Waals surface area contributed by atoms with Gasteiger partial charge in [0, 0.05) is 12.3 Å². The molecule has 4 aliphatic rings. The van der Waals surface area contributed by atoms with Crippen molar-refractivity contribution < 1.29 is 9.53 Å². The molecule has 0 heterocycles. The molecule has 0 bridgehead atoms. The van der Waals surface area contributed by atoms with Gasteiger partial charge < -0.3 is 4.74 Å². The predicted octanol–water partition coefficient (Wildman–Crippen LogP) is 8.99. The van der Waals surface area contributed by atoms with Gasteiger partial charge in [-0.1, -0.05) is 86.3 Å². The minimum absolute atomic E-state index is 0.0332. The molecule has 2 nitrogen and oxygen atoms in total. The van der Waals surface area contributed by atoms with Gasteiger partial charge in [0.1, 0.15) is 6.10 Å². The van der Waals surface area contributed by atoms with Crippen molar-refractivity contribution in [2.45, 2.75) is 133 Å². The molecule has 4 aliphatic carbocycles. The minimum Gasteiger partial charge on any atom is -0.462 e. The Kier molecular flexibility index (Phi) is 6.92. The third-order valence-electron chi connectivity index (χ3n) is 12.3. The maximum atomic E-state index is 11.8. The molecule has 34 heavy (non-hydrogen) atoms. The van der Waals surface area contributed by atoms with E-state index in [-0.39, 0.29) is 17.5 Å². The third kappa shape index (κ3) is 3.92. The summed E-state index contributed by atoms with van der Waals surface area (Å²) >= 11 is 0. The number of carbonyl (C=O) groups is 1. The van der Waals surface area contributed by atoms with Crippen LogP contribution in [-0.4, -0.2) is 12.1 Å². The van der Waals surface area contributed by atoms with Crippen LogP contribution in [0.4, 0.5) is 0 Å². The lowest BCUT2D eigenvalue weighted by atomic mass is 9.41. The van der Waals surface area contributed by atoms with Crippen LogP contribution in [0.1, 0.15) is 127 Å². The second-order valence-corrected chi connectivity index (χ2v) is 14.7. The zero-order chi connectivity index (χ0) is 25.1. The monoisotopic (exact) mass is 470 g/mol. The van der Waals surface area contributed by atoms with Gasteiger partial charge in [0.15, 0.2) is 0 Å². The Morgan fingerprint density at radius 1 is 1.00 bits per heavy atom. The van der Waals surface area contributed by atoms with E-state index >= 15 is 0 Å². The fraction of sp³-hybridized carbons (Fsp3) is 0.906. The van der Waals surface area contributed by atoms with E-state index in [9.17, 15) is 4.79 Å². The second kappa shape index (κ2) is 8.95. The second-order valence-electron chi connectivity index (χ2n) is 14.7. The molecule has 0 amide bonds. The van der Waals surface area contributed by atoms with Crippen molar-refractivity contribution in [3.05, 3.63) is 11.6 Å². The molecule has 3 fully saturated rings. The van der Waals surface area contributed by atoms with Crippen LogP contribution in [0, 0.1) is 51.2 Å². The molecule has 0 aromatic carbocycles. The maximum absolute atomic E-state index is 11.8. The van der Waals surface area contributed by atoms with Gasteiger partial charge in [0.25, 0.3) is 0 Å². The van der Waals surface area contributed by atoms with Gasteiger partial charge in [-0.3, -0.25) is 4.79 Å². The summed E-state index contributed by atoms with van der Waals surface area (Å²) < 4.78 is 5.87. The van der Waals surface area contributed by atoms with Crippen LogP contribution < -0.4 is 0 Å². The van der Waals surface area contributed by atoms with Gasteiger partial charge in [-0.15, -0.1) is 0 Å². The highest BCUT2D eigenvalue weighted by molar-refractivity contribution is 5.66. The summed E-state index contributed by atoms with van der Waals surface area (Å²) in [4.78, 5) is 11.8. The Hall–Kier alpha value is -0.790. The standard InChI is InChI=1S/C32H54O2/c1-21(2)11-10-12-22(3)24-15-19-32(9)26-13-14-27-29(5,6)28(34-23(4)33)17-18-30(27,7)25(26)16-20-31(24,32)8/h13,21-22,24-25,27-28H,10-12,14-20H2,1-9H3/t22-,24+,25-,27+,28+,30-,31+,32-/m1/s1. The van der Waals surface area contributed by atoms with Gasteiger partial charge in [-0.05, 0) is 90.8 Å². The van der Waals surface area contributed by atoms with E-state index in [4.69, 9.17) is 4.74 Å². The van der Waals surface area contributed by atoms with Crippen molar-refractivity contribution in [2.75, 3.05) is 0 Å². The van der Waals surface area contributed by atoms with Crippen LogP contribution in [0.3, 0.4) is 0 Å². The van der Waals surface area contributed by atoms with Crippen LogP contribution in [0.5, 0.6) is 0 Å². The van der Waals surface area contributed by atoms with E-state index < -0.39 is 0 Å². The SMILES string of the molecule is CC(=O)O[C@H]1CC[C@]2(C)[C@@H]3CC[C@@]4(C)[C@H]([C@H](C)CCCC(C)C)CC[C@]4(C)C3=CC[C@H]2C1(C)C. The zero-order valence-electron chi connectivity index (χ0n) is 23.9. The zero-order valence-corrected chi connectivity index (χ0v) is 23.9. The molecule has 0 unspecified atom stereocenters. The van der Waals surface area contributed by atoms with Crippen molar-refractivity contribution in [1.29, 1.82) is 0 Å². The first kappa shape index (κ1) is 26.3. The van der Waals surface area contributed by atoms with Gasteiger partial charge in [-0.25, -0.2) is 0 Å². The number of fused-ring (bicyclic) bond motifs is 5. The summed E-state index contributed by atoms with van der Waals surface area (Å²) in [6.07, 6.45) is 15.9. The first-order valence-corrected chi connectivity index (χ1v) is 14.6. The molecule has 194 valence electrons. The van der Waals surface area contributed by atoms with E-state index in [1.807, 2.05) is 5.57 Å². The predicted molar refractivity (Wildman–Crippen MR) is 142 cm³/mol. The van der Waals surface area contributed by atoms with Crippen LogP contribution in [0.15, 0.2) is 11.6 Å². The van der Waals surface area contributed by atoms with E-state index in [1.54, 1.807) is 6.92 Å². The van der Waals surface area contributed by atoms with Crippen molar-refractivity contribution in [1.82, 2.24) is 0 Å². The van der Waals surface area contributed by atoms with E-state index in [2.05, 4.69) is 61.5 Å². The minimum atomic E-state index is -0.117. The molecule has 0 saturated heterocycles. The van der Waals surface area contributed by atoms with Crippen LogP contribution in [0.25, 0.3) is 0 Å². The normalized spacial score (nSPS) is 44.0. The number of hydrogen-bond donors (Lipinski definition) is 0. The number of ether oxygens (including phenoxy) is 1. The van der Waals surface area contributed by atoms with Crippen LogP contribution >= 0.6 is 0 Å². The Morgan fingerprint density at radius 2 is 1.71 bits per heavy atom. The Labute approximate surface area is 211 Å². The summed E-state index contributed by atoms with van der Waals surface area (Å²) in [7, 11) is 0. The van der Waals surface area contributed by atoms with Crippen LogP contribution in [-0.2, 0) is 9.53 Å². The molecule has 8 atom stereocenters. The van der Waals surface area contributed by atoms with Gasteiger partial charge in [0.05, 0.1) is 0 Å². The fourth-order valence-corrected chi connectivity index (χ4v) is 10.1. The molecule has 0 spiro atoms. The van der Waals surface area contributed by atoms with E-state index in [0.717, 1.165) is 30.6 Å². The first-order valence-electron chi connectivity index (χ1n) is 14.6. The molecule has 0 aromatic rings. The maximum Gasteiger partial charge on any atom is 0.302 e. The quantitative estimate of drug-likeness (QED) is 0.286. The summed E-state index contributed by atoms with van der Waals surface area (Å²) in [5, 5.41) is 0. The highest BCUT2D eigenvalue weighted by Gasteiger charge is 2.65. The average Bonchev–Trinajstić information content (AvgIpc) is 3.01. The van der Waals surface area contributed by atoms with Gasteiger partial charge in [-0.2, -0.15) is 0 Å². The lowest BCUT2D eigenvalue weighted by molar-refractivity contribution is -0.174. The molecule has 0 aliphatic heterocycles. The molecular weight excluding hydrogens is 416 g/mol. The largest absolute Gasteiger partial charge is 0.462 e.